The van der Waals surface area contributed by atoms with Gasteiger partial charge in [0, 0.05) is 17.1 Å². The van der Waals surface area contributed by atoms with Crippen LogP contribution in [0.4, 0.5) is 0 Å². The average Bonchev–Trinajstić information content (AvgIpc) is 2.50. The first-order chi connectivity index (χ1) is 10.5. The summed E-state index contributed by atoms with van der Waals surface area (Å²) < 4.78 is 0. The Hall–Kier alpha value is -0.850. The zero-order chi connectivity index (χ0) is 16.0. The van der Waals surface area contributed by atoms with Gasteiger partial charge >= 0.3 is 5.97 Å². The summed E-state index contributed by atoms with van der Waals surface area (Å²) in [6.07, 6.45) is 1.24. The van der Waals surface area contributed by atoms with Crippen molar-refractivity contribution in [3.8, 4) is 0 Å². The van der Waals surface area contributed by atoms with Crippen LogP contribution in [0.5, 0.6) is 0 Å². The molecule has 120 valence electrons. The third-order valence-corrected chi connectivity index (χ3v) is 6.06. The number of carbonyl (C=O) groups is 2. The molecule has 2 rings (SSSR count). The molecular formula is C15H18ClNO3S2. The van der Waals surface area contributed by atoms with E-state index in [2.05, 4.69) is 5.32 Å². The van der Waals surface area contributed by atoms with E-state index in [9.17, 15) is 14.7 Å². The Morgan fingerprint density at radius 1 is 1.32 bits per heavy atom. The molecule has 2 N–H and O–H groups in total. The van der Waals surface area contributed by atoms with Gasteiger partial charge in [0.05, 0.1) is 5.02 Å². The number of carbonyl (C=O) groups excluding carboxylic acids is 1. The van der Waals surface area contributed by atoms with Gasteiger partial charge in [-0.3, -0.25) is 4.79 Å². The summed E-state index contributed by atoms with van der Waals surface area (Å²) in [6, 6.07) is 7.47. The topological polar surface area (TPSA) is 66.4 Å². The summed E-state index contributed by atoms with van der Waals surface area (Å²) >= 11 is 9.28. The summed E-state index contributed by atoms with van der Waals surface area (Å²) in [5.74, 6) is 0.954. The third kappa shape index (κ3) is 4.57. The van der Waals surface area contributed by atoms with E-state index in [1.807, 2.05) is 24.3 Å². The van der Waals surface area contributed by atoms with Crippen molar-refractivity contribution in [1.82, 2.24) is 5.32 Å². The Balaban J connectivity index is 1.84. The highest BCUT2D eigenvalue weighted by Gasteiger charge is 2.41. The molecule has 0 radical (unpaired) electrons. The highest BCUT2D eigenvalue weighted by Crippen LogP contribution is 2.29. The minimum Gasteiger partial charge on any atom is -0.480 e. The van der Waals surface area contributed by atoms with Crippen LogP contribution in [0.3, 0.4) is 0 Å². The number of rotatable bonds is 6. The molecule has 1 aromatic rings. The summed E-state index contributed by atoms with van der Waals surface area (Å²) in [6.45, 7) is 0. The summed E-state index contributed by atoms with van der Waals surface area (Å²) in [7, 11) is 0. The molecule has 22 heavy (non-hydrogen) atoms. The predicted octanol–water partition coefficient (Wildman–Crippen LogP) is 3.29. The third-order valence-electron chi connectivity index (χ3n) is 3.56. The van der Waals surface area contributed by atoms with E-state index < -0.39 is 11.5 Å². The molecule has 1 saturated heterocycles. The lowest BCUT2D eigenvalue weighted by Gasteiger charge is -2.33. The Morgan fingerprint density at radius 3 is 2.64 bits per heavy atom. The van der Waals surface area contributed by atoms with Crippen molar-refractivity contribution in [3.63, 3.8) is 0 Å². The van der Waals surface area contributed by atoms with Crippen molar-refractivity contribution >= 4 is 47.0 Å². The van der Waals surface area contributed by atoms with E-state index in [4.69, 9.17) is 11.6 Å². The van der Waals surface area contributed by atoms with Gasteiger partial charge in [0.25, 0.3) is 0 Å². The van der Waals surface area contributed by atoms with Gasteiger partial charge in [0.15, 0.2) is 0 Å². The van der Waals surface area contributed by atoms with Crippen LogP contribution < -0.4 is 5.32 Å². The SMILES string of the molecule is O=C(CCSc1ccccc1Cl)NC1(C(=O)O)CCSCC1. The number of hydrogen-bond acceptors (Lipinski definition) is 4. The maximum atomic E-state index is 12.1. The first-order valence-corrected chi connectivity index (χ1v) is 9.55. The Kier molecular flexibility index (Phi) is 6.47. The van der Waals surface area contributed by atoms with Crippen molar-refractivity contribution in [1.29, 1.82) is 0 Å². The zero-order valence-corrected chi connectivity index (χ0v) is 14.4. The van der Waals surface area contributed by atoms with Gasteiger partial charge in [0.1, 0.15) is 5.54 Å². The lowest BCUT2D eigenvalue weighted by molar-refractivity contribution is -0.148. The van der Waals surface area contributed by atoms with Crippen LogP contribution >= 0.6 is 35.1 Å². The maximum absolute atomic E-state index is 12.1. The van der Waals surface area contributed by atoms with Gasteiger partial charge in [-0.1, -0.05) is 23.7 Å². The van der Waals surface area contributed by atoms with Gasteiger partial charge in [0.2, 0.25) is 5.91 Å². The molecule has 0 aliphatic carbocycles. The smallest absolute Gasteiger partial charge is 0.329 e. The Labute approximate surface area is 143 Å². The summed E-state index contributed by atoms with van der Waals surface area (Å²) in [5.41, 5.74) is -1.09. The van der Waals surface area contributed by atoms with Crippen LogP contribution in [0.1, 0.15) is 19.3 Å². The van der Waals surface area contributed by atoms with E-state index in [0.29, 0.717) is 23.6 Å². The quantitative estimate of drug-likeness (QED) is 0.763. The second-order valence-corrected chi connectivity index (χ2v) is 7.85. The molecule has 1 aliphatic rings. The second kappa shape index (κ2) is 8.13. The summed E-state index contributed by atoms with van der Waals surface area (Å²) in [4.78, 5) is 24.5. The molecule has 0 bridgehead atoms. The highest BCUT2D eigenvalue weighted by molar-refractivity contribution is 7.99. The van der Waals surface area contributed by atoms with Crippen molar-refractivity contribution in [2.45, 2.75) is 29.7 Å². The number of carboxylic acid groups (broad SMARTS) is 1. The number of nitrogens with one attached hydrogen (secondary N) is 1. The first-order valence-electron chi connectivity index (χ1n) is 7.03. The number of aliphatic carboxylic acids is 1. The second-order valence-electron chi connectivity index (χ2n) is 5.08. The van der Waals surface area contributed by atoms with Crippen LogP contribution in [0.25, 0.3) is 0 Å². The molecule has 1 amide bonds. The molecule has 1 aromatic carbocycles. The van der Waals surface area contributed by atoms with Crippen LogP contribution in [0.15, 0.2) is 29.2 Å². The zero-order valence-electron chi connectivity index (χ0n) is 12.0. The van der Waals surface area contributed by atoms with Gasteiger partial charge in [-0.2, -0.15) is 11.8 Å². The largest absolute Gasteiger partial charge is 0.480 e. The van der Waals surface area contributed by atoms with Crippen molar-refractivity contribution in [2.24, 2.45) is 0 Å². The van der Waals surface area contributed by atoms with Gasteiger partial charge in [-0.05, 0) is 36.5 Å². The van der Waals surface area contributed by atoms with Crippen LogP contribution in [-0.2, 0) is 9.59 Å². The van der Waals surface area contributed by atoms with E-state index in [1.54, 1.807) is 11.8 Å². The van der Waals surface area contributed by atoms with E-state index in [-0.39, 0.29) is 12.3 Å². The fourth-order valence-electron chi connectivity index (χ4n) is 2.26. The van der Waals surface area contributed by atoms with Crippen molar-refractivity contribution in [2.75, 3.05) is 17.3 Å². The van der Waals surface area contributed by atoms with Gasteiger partial charge in [-0.25, -0.2) is 4.79 Å². The molecule has 0 spiro atoms. The van der Waals surface area contributed by atoms with Gasteiger partial charge in [-0.15, -0.1) is 11.8 Å². The Morgan fingerprint density at radius 2 is 2.00 bits per heavy atom. The fourth-order valence-corrected chi connectivity index (χ4v) is 4.63. The standard InChI is InChI=1S/C15H18ClNO3S2/c16-11-3-1-2-4-12(11)22-8-5-13(18)17-15(14(19)20)6-9-21-10-7-15/h1-4H,5-10H2,(H,17,18)(H,19,20). The number of hydrogen-bond donors (Lipinski definition) is 2. The number of halogens is 1. The number of amides is 1. The normalized spacial score (nSPS) is 17.0. The molecular weight excluding hydrogens is 342 g/mol. The summed E-state index contributed by atoms with van der Waals surface area (Å²) in [5, 5.41) is 12.8. The number of benzene rings is 1. The minimum absolute atomic E-state index is 0.214. The monoisotopic (exact) mass is 359 g/mol. The van der Waals surface area contributed by atoms with E-state index in [1.165, 1.54) is 11.8 Å². The molecule has 1 fully saturated rings. The van der Waals surface area contributed by atoms with Crippen molar-refractivity contribution < 1.29 is 14.7 Å². The average molecular weight is 360 g/mol. The molecule has 0 unspecified atom stereocenters. The molecule has 0 saturated carbocycles. The van der Waals surface area contributed by atoms with Crippen LogP contribution in [-0.4, -0.2) is 39.8 Å². The molecule has 0 aromatic heterocycles. The minimum atomic E-state index is -1.09. The highest BCUT2D eigenvalue weighted by atomic mass is 35.5. The first kappa shape index (κ1) is 17.5. The maximum Gasteiger partial charge on any atom is 0.329 e. The molecule has 0 atom stereocenters. The lowest BCUT2D eigenvalue weighted by Crippen LogP contribution is -2.56. The van der Waals surface area contributed by atoms with Crippen LogP contribution in [0, 0.1) is 0 Å². The van der Waals surface area contributed by atoms with Crippen LogP contribution in [0.2, 0.25) is 5.02 Å². The number of thioether (sulfide) groups is 2. The van der Waals surface area contributed by atoms with Gasteiger partial charge < -0.3 is 10.4 Å². The molecule has 1 aliphatic heterocycles. The fraction of sp³-hybridized carbons (Fsp3) is 0.467. The molecule has 4 nitrogen and oxygen atoms in total. The predicted molar refractivity (Wildman–Crippen MR) is 91.9 cm³/mol. The van der Waals surface area contributed by atoms with E-state index in [0.717, 1.165) is 16.4 Å². The van der Waals surface area contributed by atoms with E-state index >= 15 is 0 Å². The molecule has 7 heteroatoms. The molecule has 1 heterocycles. The van der Waals surface area contributed by atoms with Crippen molar-refractivity contribution in [3.05, 3.63) is 29.3 Å². The lowest BCUT2D eigenvalue weighted by atomic mass is 9.92. The Bertz CT molecular complexity index is 547. The number of carboxylic acids is 1.